The lowest BCUT2D eigenvalue weighted by atomic mass is 10.1. The largest absolute Gasteiger partial charge is 0.361 e. The number of rotatable bonds is 3. The number of aromatic amines is 1. The van der Waals surface area contributed by atoms with Gasteiger partial charge in [-0.3, -0.25) is 0 Å². The maximum Gasteiger partial charge on any atom is 0.361 e. The van der Waals surface area contributed by atoms with Gasteiger partial charge in [0.15, 0.2) is 0 Å². The molecule has 15 heavy (non-hydrogen) atoms. The third-order valence-electron chi connectivity index (χ3n) is 2.06. The molecule has 2 aromatic rings. The van der Waals surface area contributed by atoms with Crippen molar-refractivity contribution in [1.82, 2.24) is 20.2 Å². The summed E-state index contributed by atoms with van der Waals surface area (Å²) in [5.74, 6) is 0. The topological polar surface area (TPSA) is 63.6 Å². The van der Waals surface area contributed by atoms with Crippen LogP contribution in [0.25, 0.3) is 0 Å². The molecule has 0 fully saturated rings. The van der Waals surface area contributed by atoms with Crippen LogP contribution in [0.2, 0.25) is 5.02 Å². The van der Waals surface area contributed by atoms with E-state index in [0.717, 1.165) is 12.0 Å². The molecule has 5 nitrogen and oxygen atoms in total. The SMILES string of the molecule is O=c1[nH]nnn1CCc1ccc(Cl)cc1. The molecule has 0 spiro atoms. The third-order valence-corrected chi connectivity index (χ3v) is 2.31. The van der Waals surface area contributed by atoms with E-state index in [1.54, 1.807) is 0 Å². The molecule has 0 aliphatic rings. The van der Waals surface area contributed by atoms with Crippen molar-refractivity contribution >= 4 is 11.6 Å². The summed E-state index contributed by atoms with van der Waals surface area (Å²) in [7, 11) is 0. The van der Waals surface area contributed by atoms with E-state index in [2.05, 4.69) is 15.5 Å². The van der Waals surface area contributed by atoms with Crippen LogP contribution in [-0.2, 0) is 13.0 Å². The first-order chi connectivity index (χ1) is 7.25. The van der Waals surface area contributed by atoms with Gasteiger partial charge in [0, 0.05) is 5.02 Å². The van der Waals surface area contributed by atoms with Crippen molar-refractivity contribution in [2.45, 2.75) is 13.0 Å². The maximum absolute atomic E-state index is 11.1. The highest BCUT2D eigenvalue weighted by Gasteiger charge is 1.99. The quantitative estimate of drug-likeness (QED) is 0.841. The zero-order valence-electron chi connectivity index (χ0n) is 7.85. The standard InChI is InChI=1S/C9H9ClN4O/c10-8-3-1-7(2-4-8)5-6-14-9(15)11-12-13-14/h1-4H,5-6H2,(H,11,13,15). The van der Waals surface area contributed by atoms with E-state index in [1.165, 1.54) is 4.68 Å². The Hall–Kier alpha value is -1.62. The molecule has 0 saturated heterocycles. The Morgan fingerprint density at radius 2 is 2.07 bits per heavy atom. The average molecular weight is 225 g/mol. The number of nitrogens with one attached hydrogen (secondary N) is 1. The summed E-state index contributed by atoms with van der Waals surface area (Å²) in [4.78, 5) is 11.1. The van der Waals surface area contributed by atoms with Gasteiger partial charge in [-0.15, -0.1) is 0 Å². The monoisotopic (exact) mass is 224 g/mol. The zero-order chi connectivity index (χ0) is 10.7. The summed E-state index contributed by atoms with van der Waals surface area (Å²) in [6.07, 6.45) is 0.726. The molecule has 78 valence electrons. The summed E-state index contributed by atoms with van der Waals surface area (Å²) in [5.41, 5.74) is 0.818. The van der Waals surface area contributed by atoms with Crippen molar-refractivity contribution in [2.24, 2.45) is 0 Å². The number of aryl methyl sites for hydroxylation is 2. The predicted octanol–water partition coefficient (Wildman–Crippen LogP) is 0.862. The zero-order valence-corrected chi connectivity index (χ0v) is 8.61. The number of H-pyrrole nitrogens is 1. The van der Waals surface area contributed by atoms with Crippen molar-refractivity contribution in [3.8, 4) is 0 Å². The summed E-state index contributed by atoms with van der Waals surface area (Å²) < 4.78 is 1.29. The number of halogens is 1. The molecule has 0 bridgehead atoms. The molecule has 1 N–H and O–H groups in total. The van der Waals surface area contributed by atoms with Gasteiger partial charge in [-0.2, -0.15) is 4.68 Å². The van der Waals surface area contributed by atoms with Crippen molar-refractivity contribution in [3.05, 3.63) is 45.3 Å². The number of hydrogen-bond donors (Lipinski definition) is 1. The summed E-state index contributed by atoms with van der Waals surface area (Å²) >= 11 is 5.75. The van der Waals surface area contributed by atoms with Crippen LogP contribution in [0.3, 0.4) is 0 Å². The average Bonchev–Trinajstić information content (AvgIpc) is 2.63. The van der Waals surface area contributed by atoms with Crippen LogP contribution in [0.1, 0.15) is 5.56 Å². The molecule has 0 saturated carbocycles. The smallest absolute Gasteiger partial charge is 0.245 e. The van der Waals surface area contributed by atoms with Crippen LogP contribution in [0.4, 0.5) is 0 Å². The molecule has 0 aliphatic heterocycles. The van der Waals surface area contributed by atoms with E-state index in [-0.39, 0.29) is 5.69 Å². The molecule has 2 rings (SSSR count). The van der Waals surface area contributed by atoms with Gasteiger partial charge in [-0.05, 0) is 34.5 Å². The highest BCUT2D eigenvalue weighted by molar-refractivity contribution is 6.30. The molecule has 1 aromatic carbocycles. The Bertz CT molecular complexity index is 487. The minimum absolute atomic E-state index is 0.288. The highest BCUT2D eigenvalue weighted by Crippen LogP contribution is 2.09. The molecular formula is C9H9ClN4O. The molecule has 1 heterocycles. The molecule has 1 aromatic heterocycles. The third kappa shape index (κ3) is 2.44. The van der Waals surface area contributed by atoms with Gasteiger partial charge >= 0.3 is 5.69 Å². The second-order valence-electron chi connectivity index (χ2n) is 3.11. The van der Waals surface area contributed by atoms with Gasteiger partial charge in [0.2, 0.25) is 0 Å². The van der Waals surface area contributed by atoms with E-state index < -0.39 is 0 Å². The number of aromatic nitrogens is 4. The Morgan fingerprint density at radius 3 is 2.67 bits per heavy atom. The minimum atomic E-state index is -0.288. The lowest BCUT2D eigenvalue weighted by Gasteiger charge is -1.99. The molecule has 0 atom stereocenters. The Balaban J connectivity index is 2.02. The Kier molecular flexibility index (Phi) is 2.82. The Morgan fingerprint density at radius 1 is 1.33 bits per heavy atom. The van der Waals surface area contributed by atoms with E-state index >= 15 is 0 Å². The molecule has 0 unspecified atom stereocenters. The first kappa shape index (κ1) is 9.92. The fourth-order valence-electron chi connectivity index (χ4n) is 1.25. The number of benzene rings is 1. The van der Waals surface area contributed by atoms with Crippen molar-refractivity contribution in [2.75, 3.05) is 0 Å². The van der Waals surface area contributed by atoms with E-state index in [1.807, 2.05) is 24.3 Å². The van der Waals surface area contributed by atoms with Gasteiger partial charge < -0.3 is 0 Å². The molecule has 0 amide bonds. The van der Waals surface area contributed by atoms with Gasteiger partial charge in [0.05, 0.1) is 6.54 Å². The van der Waals surface area contributed by atoms with Crippen molar-refractivity contribution in [1.29, 1.82) is 0 Å². The maximum atomic E-state index is 11.1. The van der Waals surface area contributed by atoms with Crippen LogP contribution < -0.4 is 5.69 Å². The van der Waals surface area contributed by atoms with Gasteiger partial charge in [-0.25, -0.2) is 9.89 Å². The summed E-state index contributed by atoms with van der Waals surface area (Å²) in [6.45, 7) is 0.511. The Labute approximate surface area is 90.7 Å². The normalized spacial score (nSPS) is 10.5. The minimum Gasteiger partial charge on any atom is -0.245 e. The van der Waals surface area contributed by atoms with Gasteiger partial charge in [0.1, 0.15) is 0 Å². The van der Waals surface area contributed by atoms with Crippen LogP contribution in [0, 0.1) is 0 Å². The number of nitrogens with zero attached hydrogens (tertiary/aromatic N) is 3. The molecule has 0 aliphatic carbocycles. The number of tetrazole rings is 1. The first-order valence-electron chi connectivity index (χ1n) is 4.48. The lowest BCUT2D eigenvalue weighted by Crippen LogP contribution is -2.19. The van der Waals surface area contributed by atoms with Crippen LogP contribution in [0.15, 0.2) is 29.1 Å². The van der Waals surface area contributed by atoms with Gasteiger partial charge in [0.25, 0.3) is 0 Å². The van der Waals surface area contributed by atoms with Crippen LogP contribution >= 0.6 is 11.6 Å². The van der Waals surface area contributed by atoms with E-state index in [4.69, 9.17) is 11.6 Å². The fourth-order valence-corrected chi connectivity index (χ4v) is 1.38. The van der Waals surface area contributed by atoms with Gasteiger partial charge in [-0.1, -0.05) is 23.7 Å². The second-order valence-corrected chi connectivity index (χ2v) is 3.54. The lowest BCUT2D eigenvalue weighted by molar-refractivity contribution is 0.574. The van der Waals surface area contributed by atoms with Crippen molar-refractivity contribution < 1.29 is 0 Å². The first-order valence-corrected chi connectivity index (χ1v) is 4.86. The van der Waals surface area contributed by atoms with Crippen LogP contribution in [-0.4, -0.2) is 20.2 Å². The summed E-state index contributed by atoms with van der Waals surface area (Å²) in [6, 6.07) is 7.49. The fraction of sp³-hybridized carbons (Fsp3) is 0.222. The highest BCUT2D eigenvalue weighted by atomic mass is 35.5. The van der Waals surface area contributed by atoms with Crippen LogP contribution in [0.5, 0.6) is 0 Å². The van der Waals surface area contributed by atoms with E-state index in [9.17, 15) is 4.79 Å². The van der Waals surface area contributed by atoms with Crippen molar-refractivity contribution in [3.63, 3.8) is 0 Å². The molecule has 0 radical (unpaired) electrons. The van der Waals surface area contributed by atoms with E-state index in [0.29, 0.717) is 11.6 Å². The predicted molar refractivity (Wildman–Crippen MR) is 55.8 cm³/mol. The molecule has 6 heteroatoms. The second kappa shape index (κ2) is 4.27. The molecular weight excluding hydrogens is 216 g/mol. The summed E-state index contributed by atoms with van der Waals surface area (Å²) in [5, 5.41) is 9.97. The number of hydrogen-bond acceptors (Lipinski definition) is 3.